The van der Waals surface area contributed by atoms with Crippen molar-refractivity contribution >= 4 is 46.9 Å². The van der Waals surface area contributed by atoms with Crippen molar-refractivity contribution in [1.82, 2.24) is 29.5 Å². The van der Waals surface area contributed by atoms with Gasteiger partial charge in [-0.05, 0) is 71.2 Å². The van der Waals surface area contributed by atoms with Crippen molar-refractivity contribution in [3.63, 3.8) is 0 Å². The predicted octanol–water partition coefficient (Wildman–Crippen LogP) is 7.82. The fourth-order valence-electron chi connectivity index (χ4n) is 7.72. The molecule has 1 aliphatic carbocycles. The van der Waals surface area contributed by atoms with Crippen LogP contribution in [-0.4, -0.2) is 89.4 Å². The predicted molar refractivity (Wildman–Crippen MR) is 227 cm³/mol. The van der Waals surface area contributed by atoms with E-state index in [1.54, 1.807) is 52.1 Å². The van der Waals surface area contributed by atoms with Crippen LogP contribution in [0.25, 0.3) is 39.2 Å². The number of rotatable bonds is 11. The van der Waals surface area contributed by atoms with E-state index in [-0.39, 0.29) is 49.1 Å². The first-order valence-electron chi connectivity index (χ1n) is 19.5. The highest BCUT2D eigenvalue weighted by Gasteiger charge is 2.44. The van der Waals surface area contributed by atoms with Crippen LogP contribution in [0.15, 0.2) is 77.7 Å². The lowest BCUT2D eigenvalue weighted by Gasteiger charge is -2.46. The molecule has 0 bridgehead atoms. The van der Waals surface area contributed by atoms with Gasteiger partial charge in [-0.1, -0.05) is 59.6 Å². The van der Waals surface area contributed by atoms with Gasteiger partial charge in [0.25, 0.3) is 5.56 Å². The third-order valence-corrected chi connectivity index (χ3v) is 11.4. The number of carboxylic acid groups (broad SMARTS) is 1. The summed E-state index contributed by atoms with van der Waals surface area (Å²) in [5, 5.41) is 23.9. The molecule has 1 saturated heterocycles. The molecule has 3 amide bonds. The van der Waals surface area contributed by atoms with Gasteiger partial charge in [-0.2, -0.15) is 0 Å². The Bertz CT molecular complexity index is 2550. The number of nitrogens with zero attached hydrogens (tertiary/aromatic N) is 5. The van der Waals surface area contributed by atoms with Crippen LogP contribution in [0.2, 0.25) is 10.0 Å². The molecule has 4 heterocycles. The smallest absolute Gasteiger partial charge is 0.410 e. The maximum Gasteiger partial charge on any atom is 0.410 e. The lowest BCUT2D eigenvalue weighted by atomic mass is 9.76. The molecule has 3 aromatic heterocycles. The number of methoxy groups -OCH3 is 1. The summed E-state index contributed by atoms with van der Waals surface area (Å²) in [5.41, 5.74) is 3.00. The van der Waals surface area contributed by atoms with Gasteiger partial charge in [0.2, 0.25) is 11.8 Å². The van der Waals surface area contributed by atoms with Crippen LogP contribution < -0.4 is 15.6 Å². The highest BCUT2D eigenvalue weighted by atomic mass is 35.5. The van der Waals surface area contributed by atoms with E-state index in [1.165, 1.54) is 27.4 Å². The summed E-state index contributed by atoms with van der Waals surface area (Å²) in [6.07, 6.45) is 1.70. The molecule has 2 aromatic carbocycles. The minimum Gasteiger partial charge on any atom is -0.481 e. The largest absolute Gasteiger partial charge is 0.481 e. The molecule has 1 saturated carbocycles. The molecule has 5 aromatic rings. The number of ether oxygens (including phenoxy) is 2. The Morgan fingerprint density at radius 1 is 0.950 bits per heavy atom. The number of amides is 3. The van der Waals surface area contributed by atoms with Crippen LogP contribution in [-0.2, 0) is 22.6 Å². The molecule has 14 nitrogen and oxygen atoms in total. The number of nitrogens with one attached hydrogen (secondary N) is 1. The quantitative estimate of drug-likeness (QED) is 0.119. The summed E-state index contributed by atoms with van der Waals surface area (Å²) in [4.78, 5) is 62.8. The fourth-order valence-corrected chi connectivity index (χ4v) is 8.38. The maximum absolute atomic E-state index is 13.6. The number of aromatic nitrogens is 3. The Kier molecular flexibility index (Phi) is 11.8. The van der Waals surface area contributed by atoms with Crippen LogP contribution in [0.5, 0.6) is 5.88 Å². The van der Waals surface area contributed by atoms with E-state index < -0.39 is 23.4 Å². The molecule has 314 valence electrons. The molecule has 7 rings (SSSR count). The average molecular weight is 858 g/mol. The molecule has 1 atom stereocenters. The second kappa shape index (κ2) is 16.7. The number of hydrogen-bond donors (Lipinski definition) is 3. The first kappa shape index (κ1) is 42.4. The third-order valence-electron chi connectivity index (χ3n) is 10.6. The molecular weight excluding hydrogens is 811 g/mol. The van der Waals surface area contributed by atoms with Crippen molar-refractivity contribution in [1.29, 1.82) is 0 Å². The number of carbonyl (C=O) groups excluding carboxylic acids is 2. The van der Waals surface area contributed by atoms with E-state index in [2.05, 4.69) is 5.32 Å². The molecule has 0 spiro atoms. The van der Waals surface area contributed by atoms with Crippen molar-refractivity contribution in [2.24, 2.45) is 0 Å². The van der Waals surface area contributed by atoms with Gasteiger partial charge in [0.1, 0.15) is 11.2 Å². The Morgan fingerprint density at radius 2 is 1.62 bits per heavy atom. The summed E-state index contributed by atoms with van der Waals surface area (Å²) in [7, 11) is 1.46. The molecular formula is C44H46Cl2N6O8. The summed E-state index contributed by atoms with van der Waals surface area (Å²) < 4.78 is 12.7. The average Bonchev–Trinajstić information content (AvgIpc) is 3.59. The Morgan fingerprint density at radius 3 is 2.23 bits per heavy atom. The molecule has 16 heteroatoms. The summed E-state index contributed by atoms with van der Waals surface area (Å²) in [6, 6.07) is 18.9. The lowest BCUT2D eigenvalue weighted by Crippen LogP contribution is -2.56. The molecule has 60 heavy (non-hydrogen) atoms. The van der Waals surface area contributed by atoms with Crippen molar-refractivity contribution in [3.8, 4) is 39.4 Å². The normalized spacial score (nSPS) is 18.8. The van der Waals surface area contributed by atoms with Crippen molar-refractivity contribution in [3.05, 3.63) is 105 Å². The minimum absolute atomic E-state index is 0.00453. The Hall–Kier alpha value is -5.70. The monoisotopic (exact) mass is 856 g/mol. The molecule has 2 fully saturated rings. The zero-order valence-electron chi connectivity index (χ0n) is 33.9. The standard InChI is InChI=1S/C44H46Cl2N6O8/c1-43(2,3)60-42(57)51(29-19-44(4,58)20-29)24-28-18-37(54)52-22-25(13-16-35(52)47-28)30-8-6-9-31(38(30)45)32-10-7-11-33(39(32)46)34-15-12-26(40(49-34)59-5)21-50(41(55)56)23-27-14-17-36(53)48-27/h6-13,15-16,18,22,27,29,58H,14,17,19-21,23-24H2,1-5H3,(H,48,53)(H,55,56)/t27-,29?,44?/m0/s1. The highest BCUT2D eigenvalue weighted by molar-refractivity contribution is 6.39. The fraction of sp³-hybridized carbons (Fsp3) is 0.364. The van der Waals surface area contributed by atoms with E-state index in [4.69, 9.17) is 42.6 Å². The second-order valence-corrected chi connectivity index (χ2v) is 17.3. The van der Waals surface area contributed by atoms with Crippen molar-refractivity contribution < 1.29 is 34.1 Å². The minimum atomic E-state index is -1.13. The van der Waals surface area contributed by atoms with Crippen molar-refractivity contribution in [2.75, 3.05) is 13.7 Å². The van der Waals surface area contributed by atoms with Gasteiger partial charge in [0.15, 0.2) is 0 Å². The number of carbonyl (C=O) groups is 3. The van der Waals surface area contributed by atoms with Crippen LogP contribution in [0.1, 0.15) is 64.6 Å². The van der Waals surface area contributed by atoms with Gasteiger partial charge in [-0.3, -0.25) is 18.9 Å². The van der Waals surface area contributed by atoms with Gasteiger partial charge in [0.05, 0.1) is 47.2 Å². The molecule has 2 aliphatic rings. The molecule has 0 unspecified atom stereocenters. The molecule has 0 radical (unpaired) electrons. The highest BCUT2D eigenvalue weighted by Crippen LogP contribution is 2.43. The maximum atomic E-state index is 13.6. The SMILES string of the molecule is COc1nc(-c2cccc(-c3cccc(-c4ccc5nc(CN(C(=O)OC(C)(C)C)C6CC(C)(O)C6)cc(=O)n5c4)c3Cl)c2Cl)ccc1CN(C[C@@H]1CCC(=O)N1)C(=O)O. The first-order chi connectivity index (χ1) is 28.4. The van der Waals surface area contributed by atoms with Gasteiger partial charge >= 0.3 is 12.2 Å². The number of hydrogen-bond acceptors (Lipinski definition) is 9. The van der Waals surface area contributed by atoms with Crippen LogP contribution in [0.4, 0.5) is 9.59 Å². The summed E-state index contributed by atoms with van der Waals surface area (Å²) in [5.74, 6) is 0.138. The number of pyridine rings is 2. The number of benzene rings is 2. The van der Waals surface area contributed by atoms with Gasteiger partial charge in [0, 0.05) is 70.7 Å². The van der Waals surface area contributed by atoms with E-state index in [9.17, 15) is 29.4 Å². The summed E-state index contributed by atoms with van der Waals surface area (Å²) >= 11 is 14.2. The topological polar surface area (TPSA) is 176 Å². The van der Waals surface area contributed by atoms with Gasteiger partial charge in [-0.25, -0.2) is 19.6 Å². The van der Waals surface area contributed by atoms with Crippen LogP contribution >= 0.6 is 23.2 Å². The molecule has 1 aliphatic heterocycles. The second-order valence-electron chi connectivity index (χ2n) is 16.6. The number of aliphatic hydroxyl groups is 1. The third kappa shape index (κ3) is 9.20. The van der Waals surface area contributed by atoms with Crippen molar-refractivity contribution in [2.45, 2.75) is 89.8 Å². The zero-order chi connectivity index (χ0) is 43.1. The summed E-state index contributed by atoms with van der Waals surface area (Å²) in [6.45, 7) is 7.25. The Balaban J connectivity index is 1.14. The van der Waals surface area contributed by atoms with E-state index in [0.29, 0.717) is 86.1 Å². The zero-order valence-corrected chi connectivity index (χ0v) is 35.4. The number of fused-ring (bicyclic) bond motifs is 1. The van der Waals surface area contributed by atoms with Gasteiger partial charge < -0.3 is 29.9 Å². The van der Waals surface area contributed by atoms with Crippen LogP contribution in [0, 0.1) is 0 Å². The van der Waals surface area contributed by atoms with Crippen LogP contribution in [0.3, 0.4) is 0 Å². The number of halogens is 2. The van der Waals surface area contributed by atoms with E-state index in [1.807, 2.05) is 42.5 Å². The molecule has 3 N–H and O–H groups in total. The van der Waals surface area contributed by atoms with E-state index >= 15 is 0 Å². The van der Waals surface area contributed by atoms with Gasteiger partial charge in [-0.15, -0.1) is 0 Å². The van der Waals surface area contributed by atoms with E-state index in [0.717, 1.165) is 0 Å². The Labute approximate surface area is 356 Å². The lowest BCUT2D eigenvalue weighted by molar-refractivity contribution is -0.119. The first-order valence-corrected chi connectivity index (χ1v) is 20.3.